The number of hydrogen-bond acceptors (Lipinski definition) is 2. The van der Waals surface area contributed by atoms with Crippen molar-refractivity contribution >= 4 is 11.9 Å². The zero-order chi connectivity index (χ0) is 15.7. The van der Waals surface area contributed by atoms with E-state index in [-0.39, 0.29) is 0 Å². The molecule has 0 aromatic heterocycles. The van der Waals surface area contributed by atoms with Gasteiger partial charge in [-0.2, -0.15) is 0 Å². The second-order valence-corrected chi connectivity index (χ2v) is 5.79. The van der Waals surface area contributed by atoms with E-state index in [0.29, 0.717) is 11.9 Å². The molecule has 0 aliphatic carbocycles. The Kier molecular flexibility index (Phi) is 8.16. The fourth-order valence-electron chi connectivity index (χ4n) is 2.87. The monoisotopic (exact) mass is 296 g/mol. The standard InChI is InChI=1S/C16H32N4O/c1-5-7-12-19(4)16(17-3)18-11-10-14(6-2)20-13-8-9-15(20)21/h14H,5-13H2,1-4H3,(H,17,18). The first-order valence-electron chi connectivity index (χ1n) is 8.35. The van der Waals surface area contributed by atoms with Crippen LogP contribution < -0.4 is 5.32 Å². The van der Waals surface area contributed by atoms with Crippen LogP contribution in [0.25, 0.3) is 0 Å². The second-order valence-electron chi connectivity index (χ2n) is 5.79. The van der Waals surface area contributed by atoms with E-state index in [1.54, 1.807) is 0 Å². The molecule has 1 atom stereocenters. The highest BCUT2D eigenvalue weighted by atomic mass is 16.2. The van der Waals surface area contributed by atoms with Gasteiger partial charge in [0, 0.05) is 46.2 Å². The van der Waals surface area contributed by atoms with Crippen LogP contribution in [-0.4, -0.2) is 61.4 Å². The number of rotatable bonds is 8. The molecule has 0 saturated carbocycles. The number of carbonyl (C=O) groups is 1. The highest BCUT2D eigenvalue weighted by molar-refractivity contribution is 5.79. The van der Waals surface area contributed by atoms with Gasteiger partial charge in [0.2, 0.25) is 5.91 Å². The second kappa shape index (κ2) is 9.64. The van der Waals surface area contributed by atoms with Gasteiger partial charge in [0.1, 0.15) is 0 Å². The molecule has 0 aromatic carbocycles. The Bertz CT molecular complexity index is 343. The van der Waals surface area contributed by atoms with E-state index in [1.165, 1.54) is 12.8 Å². The maximum atomic E-state index is 11.8. The van der Waals surface area contributed by atoms with Crippen LogP contribution in [0.3, 0.4) is 0 Å². The molecule has 1 aliphatic rings. The summed E-state index contributed by atoms with van der Waals surface area (Å²) in [6.07, 6.45) is 6.13. The maximum absolute atomic E-state index is 11.8. The van der Waals surface area contributed by atoms with Crippen molar-refractivity contribution in [2.24, 2.45) is 4.99 Å². The van der Waals surface area contributed by atoms with Gasteiger partial charge in [0.15, 0.2) is 5.96 Å². The van der Waals surface area contributed by atoms with Crippen molar-refractivity contribution in [1.82, 2.24) is 15.1 Å². The van der Waals surface area contributed by atoms with Gasteiger partial charge in [-0.1, -0.05) is 20.3 Å². The summed E-state index contributed by atoms with van der Waals surface area (Å²) < 4.78 is 0. The molecule has 1 rings (SSSR count). The average Bonchev–Trinajstić information content (AvgIpc) is 2.91. The molecule has 0 aromatic rings. The summed E-state index contributed by atoms with van der Waals surface area (Å²) in [6, 6.07) is 0.367. The van der Waals surface area contributed by atoms with E-state index in [4.69, 9.17) is 0 Å². The van der Waals surface area contributed by atoms with Gasteiger partial charge in [-0.3, -0.25) is 9.79 Å². The number of nitrogens with one attached hydrogen (secondary N) is 1. The Labute approximate surface area is 129 Å². The smallest absolute Gasteiger partial charge is 0.222 e. The number of carbonyl (C=O) groups excluding carboxylic acids is 1. The van der Waals surface area contributed by atoms with E-state index in [1.807, 2.05) is 7.05 Å². The van der Waals surface area contributed by atoms with Gasteiger partial charge >= 0.3 is 0 Å². The summed E-state index contributed by atoms with van der Waals surface area (Å²) in [4.78, 5) is 20.4. The minimum Gasteiger partial charge on any atom is -0.356 e. The lowest BCUT2D eigenvalue weighted by Crippen LogP contribution is -2.42. The Morgan fingerprint density at radius 3 is 2.76 bits per heavy atom. The normalized spacial score (nSPS) is 17.2. The zero-order valence-electron chi connectivity index (χ0n) is 14.2. The van der Waals surface area contributed by atoms with E-state index >= 15 is 0 Å². The third kappa shape index (κ3) is 5.56. The van der Waals surface area contributed by atoms with Crippen LogP contribution >= 0.6 is 0 Å². The molecule has 1 heterocycles. The molecule has 0 radical (unpaired) electrons. The quantitative estimate of drug-likeness (QED) is 0.551. The summed E-state index contributed by atoms with van der Waals surface area (Å²) in [6.45, 7) is 7.19. The number of guanidine groups is 1. The van der Waals surface area contributed by atoms with Crippen molar-refractivity contribution in [2.45, 2.75) is 58.4 Å². The number of aliphatic imine (C=N–C) groups is 1. The zero-order valence-corrected chi connectivity index (χ0v) is 14.2. The van der Waals surface area contributed by atoms with E-state index in [2.05, 4.69) is 41.0 Å². The third-order valence-electron chi connectivity index (χ3n) is 4.20. The predicted molar refractivity (Wildman–Crippen MR) is 88.5 cm³/mol. The molecule has 21 heavy (non-hydrogen) atoms. The summed E-state index contributed by atoms with van der Waals surface area (Å²) in [7, 11) is 3.90. The van der Waals surface area contributed by atoms with Crippen molar-refractivity contribution in [2.75, 3.05) is 33.7 Å². The number of hydrogen-bond donors (Lipinski definition) is 1. The van der Waals surface area contributed by atoms with Gasteiger partial charge in [0.25, 0.3) is 0 Å². The summed E-state index contributed by atoms with van der Waals surface area (Å²) >= 11 is 0. The Morgan fingerprint density at radius 2 is 2.24 bits per heavy atom. The summed E-state index contributed by atoms with van der Waals surface area (Å²) in [5.74, 6) is 1.28. The van der Waals surface area contributed by atoms with Crippen LogP contribution in [-0.2, 0) is 4.79 Å². The topological polar surface area (TPSA) is 47.9 Å². The minimum atomic E-state index is 0.325. The Morgan fingerprint density at radius 1 is 1.48 bits per heavy atom. The molecule has 5 heteroatoms. The first-order chi connectivity index (χ1) is 10.1. The van der Waals surface area contributed by atoms with Crippen LogP contribution in [0.1, 0.15) is 52.4 Å². The van der Waals surface area contributed by atoms with Crippen molar-refractivity contribution < 1.29 is 4.79 Å². The van der Waals surface area contributed by atoms with E-state index in [9.17, 15) is 4.79 Å². The molecule has 1 saturated heterocycles. The number of amides is 1. The van der Waals surface area contributed by atoms with Gasteiger partial charge in [-0.15, -0.1) is 0 Å². The van der Waals surface area contributed by atoms with Gasteiger partial charge in [0.05, 0.1) is 0 Å². The van der Waals surface area contributed by atoms with Crippen LogP contribution in [0, 0.1) is 0 Å². The predicted octanol–water partition coefficient (Wildman–Crippen LogP) is 2.08. The first-order valence-corrected chi connectivity index (χ1v) is 8.35. The van der Waals surface area contributed by atoms with E-state index < -0.39 is 0 Å². The van der Waals surface area contributed by atoms with E-state index in [0.717, 1.165) is 51.3 Å². The minimum absolute atomic E-state index is 0.325. The molecule has 1 N–H and O–H groups in total. The molecule has 1 fully saturated rings. The number of unbranched alkanes of at least 4 members (excludes halogenated alkanes) is 1. The largest absolute Gasteiger partial charge is 0.356 e. The van der Waals surface area contributed by atoms with Crippen molar-refractivity contribution in [3.63, 3.8) is 0 Å². The summed E-state index contributed by atoms with van der Waals surface area (Å²) in [5, 5.41) is 3.42. The highest BCUT2D eigenvalue weighted by Gasteiger charge is 2.26. The molecular formula is C16H32N4O. The SMILES string of the molecule is CCCCN(C)C(=NC)NCCC(CC)N1CCCC1=O. The van der Waals surface area contributed by atoms with Crippen molar-refractivity contribution in [1.29, 1.82) is 0 Å². The lowest BCUT2D eigenvalue weighted by molar-refractivity contribution is -0.129. The molecule has 0 bridgehead atoms. The van der Waals surface area contributed by atoms with Crippen LogP contribution in [0.15, 0.2) is 4.99 Å². The molecule has 0 spiro atoms. The van der Waals surface area contributed by atoms with Gasteiger partial charge in [-0.25, -0.2) is 0 Å². The lowest BCUT2D eigenvalue weighted by Gasteiger charge is -2.28. The number of nitrogens with zero attached hydrogens (tertiary/aromatic N) is 3. The van der Waals surface area contributed by atoms with Gasteiger partial charge < -0.3 is 15.1 Å². The van der Waals surface area contributed by atoms with Crippen LogP contribution in [0.4, 0.5) is 0 Å². The van der Waals surface area contributed by atoms with Crippen molar-refractivity contribution in [3.8, 4) is 0 Å². The lowest BCUT2D eigenvalue weighted by atomic mass is 10.1. The van der Waals surface area contributed by atoms with Crippen LogP contribution in [0.5, 0.6) is 0 Å². The maximum Gasteiger partial charge on any atom is 0.222 e. The number of likely N-dealkylation sites (tertiary alicyclic amines) is 1. The molecule has 122 valence electrons. The van der Waals surface area contributed by atoms with Crippen molar-refractivity contribution in [3.05, 3.63) is 0 Å². The molecule has 1 unspecified atom stereocenters. The average molecular weight is 296 g/mol. The first kappa shape index (κ1) is 17.8. The molecule has 5 nitrogen and oxygen atoms in total. The molecular weight excluding hydrogens is 264 g/mol. The highest BCUT2D eigenvalue weighted by Crippen LogP contribution is 2.17. The fraction of sp³-hybridized carbons (Fsp3) is 0.875. The Balaban J connectivity index is 2.37. The molecule has 1 aliphatic heterocycles. The van der Waals surface area contributed by atoms with Crippen LogP contribution in [0.2, 0.25) is 0 Å². The molecule has 1 amide bonds. The van der Waals surface area contributed by atoms with Gasteiger partial charge in [-0.05, 0) is 25.7 Å². The fourth-order valence-corrected chi connectivity index (χ4v) is 2.87. The summed E-state index contributed by atoms with van der Waals surface area (Å²) in [5.41, 5.74) is 0. The third-order valence-corrected chi connectivity index (χ3v) is 4.20. The Hall–Kier alpha value is -1.26.